The summed E-state index contributed by atoms with van der Waals surface area (Å²) in [5.74, 6) is 0.773. The van der Waals surface area contributed by atoms with Crippen LogP contribution in [-0.4, -0.2) is 86.0 Å². The molecule has 65 heavy (non-hydrogen) atoms. The summed E-state index contributed by atoms with van der Waals surface area (Å²) in [5, 5.41) is 5.90. The first kappa shape index (κ1) is 42.3. The number of rotatable bonds is 11. The summed E-state index contributed by atoms with van der Waals surface area (Å²) in [5.41, 5.74) is 6.32. The number of carbonyl (C=O) groups is 4. The molecule has 5 heterocycles. The highest BCUT2D eigenvalue weighted by Crippen LogP contribution is 2.36. The number of likely N-dealkylation sites (tertiary alicyclic amines) is 2. The van der Waals surface area contributed by atoms with Crippen LogP contribution in [0.3, 0.4) is 0 Å². The Labute approximate surface area is 373 Å². The average molecular weight is 874 g/mol. The molecule has 7 aromatic rings. The number of methoxy groups -OCH3 is 2. The van der Waals surface area contributed by atoms with Crippen LogP contribution < -0.4 is 16.1 Å². The molecule has 4 atom stereocenters. The van der Waals surface area contributed by atoms with E-state index >= 15 is 0 Å². The van der Waals surface area contributed by atoms with Crippen molar-refractivity contribution in [3.63, 3.8) is 0 Å². The molecule has 0 saturated carbocycles. The van der Waals surface area contributed by atoms with Crippen LogP contribution in [0.1, 0.15) is 72.6 Å². The molecular formula is C49H47N9O7. The number of hydrogen-bond donors (Lipinski definition) is 5. The number of imidazole rings is 2. The number of fused-ring (bicyclic) bond motifs is 1. The number of hydrogen-bond acceptors (Lipinski definition) is 9. The van der Waals surface area contributed by atoms with Crippen LogP contribution >= 0.6 is 0 Å². The molecule has 330 valence electrons. The number of nitrogens with one attached hydrogen (secondary N) is 5. The number of aromatic amines is 3. The van der Waals surface area contributed by atoms with Crippen molar-refractivity contribution in [2.75, 3.05) is 27.3 Å². The zero-order valence-electron chi connectivity index (χ0n) is 35.7. The lowest BCUT2D eigenvalue weighted by molar-refractivity contribution is -0.135. The highest BCUT2D eigenvalue weighted by atomic mass is 16.5. The van der Waals surface area contributed by atoms with Gasteiger partial charge >= 0.3 is 12.2 Å². The van der Waals surface area contributed by atoms with Gasteiger partial charge in [0.1, 0.15) is 23.7 Å². The Morgan fingerprint density at radius 3 is 1.77 bits per heavy atom. The number of carbonyl (C=O) groups excluding carboxylic acids is 4. The molecule has 16 heteroatoms. The minimum absolute atomic E-state index is 0.154. The molecule has 4 aromatic carbocycles. The summed E-state index contributed by atoms with van der Waals surface area (Å²) < 4.78 is 9.65. The van der Waals surface area contributed by atoms with E-state index in [1.54, 1.807) is 52.5 Å². The zero-order valence-corrected chi connectivity index (χ0v) is 35.7. The van der Waals surface area contributed by atoms with Gasteiger partial charge in [-0.15, -0.1) is 0 Å². The predicted octanol–water partition coefficient (Wildman–Crippen LogP) is 7.50. The summed E-state index contributed by atoms with van der Waals surface area (Å²) in [6, 6.07) is 30.6. The van der Waals surface area contributed by atoms with E-state index in [1.807, 2.05) is 78.9 Å². The fraction of sp³-hybridized carbons (Fsp3) is 0.245. The van der Waals surface area contributed by atoms with Crippen molar-refractivity contribution in [2.24, 2.45) is 0 Å². The van der Waals surface area contributed by atoms with Crippen molar-refractivity contribution in [2.45, 2.75) is 49.9 Å². The van der Waals surface area contributed by atoms with Crippen LogP contribution in [0, 0.1) is 0 Å². The number of aromatic nitrogens is 5. The van der Waals surface area contributed by atoms with Crippen molar-refractivity contribution >= 4 is 34.9 Å². The summed E-state index contributed by atoms with van der Waals surface area (Å²) in [7, 11) is 2.53. The number of ether oxygens (including phenoxy) is 2. The van der Waals surface area contributed by atoms with Crippen LogP contribution in [0.15, 0.2) is 126 Å². The summed E-state index contributed by atoms with van der Waals surface area (Å²) in [4.78, 5) is 89.2. The lowest BCUT2D eigenvalue weighted by Crippen LogP contribution is -2.42. The van der Waals surface area contributed by atoms with Crippen molar-refractivity contribution in [3.05, 3.63) is 155 Å². The van der Waals surface area contributed by atoms with Gasteiger partial charge in [0.25, 0.3) is 11.8 Å². The number of nitrogens with zero attached hydrogens (tertiary/aromatic N) is 4. The van der Waals surface area contributed by atoms with Gasteiger partial charge in [-0.05, 0) is 60.1 Å². The van der Waals surface area contributed by atoms with Crippen molar-refractivity contribution in [3.8, 4) is 33.8 Å². The quantitative estimate of drug-likeness (QED) is 0.0871. The molecule has 2 saturated heterocycles. The first-order valence-corrected chi connectivity index (χ1v) is 21.5. The van der Waals surface area contributed by atoms with Crippen molar-refractivity contribution in [1.29, 1.82) is 0 Å². The highest BCUT2D eigenvalue weighted by molar-refractivity contribution is 5.89. The summed E-state index contributed by atoms with van der Waals surface area (Å²) in [6.07, 6.45) is 5.11. The molecule has 2 aliphatic rings. The van der Waals surface area contributed by atoms with E-state index < -0.39 is 24.3 Å². The third kappa shape index (κ3) is 8.70. The van der Waals surface area contributed by atoms with Crippen LogP contribution in [0.4, 0.5) is 9.59 Å². The average Bonchev–Trinajstić information content (AvgIpc) is 4.20. The third-order valence-corrected chi connectivity index (χ3v) is 12.2. The van der Waals surface area contributed by atoms with Gasteiger partial charge in [-0.3, -0.25) is 14.4 Å². The minimum atomic E-state index is -0.925. The van der Waals surface area contributed by atoms with Crippen LogP contribution in [-0.2, 0) is 19.1 Å². The topological polar surface area (TPSA) is 207 Å². The zero-order chi connectivity index (χ0) is 45.0. The molecule has 0 radical (unpaired) electrons. The Bertz CT molecular complexity index is 2910. The first-order chi connectivity index (χ1) is 31.7. The molecule has 5 N–H and O–H groups in total. The highest BCUT2D eigenvalue weighted by Gasteiger charge is 2.38. The Balaban J connectivity index is 0.892. The second kappa shape index (κ2) is 18.4. The van der Waals surface area contributed by atoms with Crippen LogP contribution in [0.5, 0.6) is 0 Å². The van der Waals surface area contributed by atoms with Crippen LogP contribution in [0.25, 0.3) is 44.7 Å². The molecule has 0 aliphatic carbocycles. The summed E-state index contributed by atoms with van der Waals surface area (Å²) >= 11 is 0. The standard InChI is InChI=1S/C49H47N9O7/c1-64-48(62)55-42(31-11-5-3-6-12-31)46(60)57-23-9-15-39(57)44-50-27-37(53-44)30-19-17-29(18-20-30)36-26-41(59)34-25-33(21-22-35(34)52-36)38-28-51-45(54-38)40-16-10-24-58(40)47(61)43(56-49(63)65-2)32-13-7-4-8-14-32/h3-8,11-14,17-22,25-28,39-40,42-43H,9-10,15-16,23-24H2,1-2H3,(H,50,53)(H,51,54)(H,52,59)(H,55,62)(H,56,63)/t39-,40?,42+,43+/m0/s1. The summed E-state index contributed by atoms with van der Waals surface area (Å²) in [6.45, 7) is 1.03. The van der Waals surface area contributed by atoms with E-state index in [9.17, 15) is 24.0 Å². The Kier molecular flexibility index (Phi) is 12.0. The number of H-pyrrole nitrogens is 3. The van der Waals surface area contributed by atoms with Gasteiger partial charge < -0.3 is 44.9 Å². The molecule has 9 rings (SSSR count). The number of benzene rings is 4. The van der Waals surface area contributed by atoms with E-state index in [2.05, 4.69) is 30.6 Å². The minimum Gasteiger partial charge on any atom is -0.453 e. The van der Waals surface area contributed by atoms with Gasteiger partial charge in [0.2, 0.25) is 0 Å². The number of pyridine rings is 1. The second-order valence-electron chi connectivity index (χ2n) is 16.1. The Morgan fingerprint density at radius 1 is 0.662 bits per heavy atom. The van der Waals surface area contributed by atoms with Crippen molar-refractivity contribution < 1.29 is 28.7 Å². The van der Waals surface area contributed by atoms with Gasteiger partial charge in [0.05, 0.1) is 43.9 Å². The lowest BCUT2D eigenvalue weighted by Gasteiger charge is -2.28. The molecule has 16 nitrogen and oxygen atoms in total. The van der Waals surface area contributed by atoms with E-state index in [-0.39, 0.29) is 29.3 Å². The van der Waals surface area contributed by atoms with E-state index in [4.69, 9.17) is 14.5 Å². The van der Waals surface area contributed by atoms with Gasteiger partial charge in [-0.25, -0.2) is 19.6 Å². The van der Waals surface area contributed by atoms with Gasteiger partial charge in [-0.1, -0.05) is 91.0 Å². The Hall–Kier alpha value is -8.01. The monoisotopic (exact) mass is 873 g/mol. The SMILES string of the molecule is COC(=O)N[C@@H](C(=O)N1CCCC1c1nc(-c2ccc3[nH]c(-c4ccc(-c5cnc([C@@H]6CCCN6C(=O)[C@H](NC(=O)OC)c6ccccc6)[nH]5)cc4)cc(=O)c3c2)c[nH]1)c1ccccc1. The van der Waals surface area contributed by atoms with E-state index in [0.717, 1.165) is 35.2 Å². The van der Waals surface area contributed by atoms with Crippen molar-refractivity contribution in [1.82, 2.24) is 45.4 Å². The molecule has 3 aromatic heterocycles. The lowest BCUT2D eigenvalue weighted by atomic mass is 10.0. The van der Waals surface area contributed by atoms with Gasteiger partial charge in [-0.2, -0.15) is 0 Å². The molecule has 2 fully saturated rings. The molecular weight excluding hydrogens is 827 g/mol. The smallest absolute Gasteiger partial charge is 0.407 e. The molecule has 1 unspecified atom stereocenters. The molecule has 2 aliphatic heterocycles. The van der Waals surface area contributed by atoms with Gasteiger partial charge in [0.15, 0.2) is 5.43 Å². The second-order valence-corrected chi connectivity index (χ2v) is 16.1. The molecule has 0 spiro atoms. The number of amides is 4. The first-order valence-electron chi connectivity index (χ1n) is 21.5. The van der Waals surface area contributed by atoms with Crippen LogP contribution in [0.2, 0.25) is 0 Å². The molecule has 4 amide bonds. The Morgan fingerprint density at radius 2 is 1.20 bits per heavy atom. The maximum absolute atomic E-state index is 14.0. The fourth-order valence-electron chi connectivity index (χ4n) is 8.88. The normalized spacial score (nSPS) is 16.8. The van der Waals surface area contributed by atoms with E-state index in [1.165, 1.54) is 14.2 Å². The number of alkyl carbamates (subject to hydrolysis) is 2. The predicted molar refractivity (Wildman–Crippen MR) is 242 cm³/mol. The molecule has 0 bridgehead atoms. The largest absolute Gasteiger partial charge is 0.453 e. The van der Waals surface area contributed by atoms with E-state index in [0.29, 0.717) is 71.0 Å². The van der Waals surface area contributed by atoms with Gasteiger partial charge in [0, 0.05) is 47.5 Å². The third-order valence-electron chi connectivity index (χ3n) is 12.2. The maximum Gasteiger partial charge on any atom is 0.407 e. The maximum atomic E-state index is 14.0. The fourth-order valence-corrected chi connectivity index (χ4v) is 8.88.